The minimum Gasteiger partial charge on any atom is -0.310 e. The Bertz CT molecular complexity index is 264. The smallest absolute Gasteiger partial charge is 0.0315 e. The van der Waals surface area contributed by atoms with Gasteiger partial charge < -0.3 is 5.32 Å². The van der Waals surface area contributed by atoms with Crippen LogP contribution in [0.4, 0.5) is 0 Å². The van der Waals surface area contributed by atoms with Gasteiger partial charge in [-0.15, -0.1) is 0 Å². The molecule has 0 bridgehead atoms. The quantitative estimate of drug-likeness (QED) is 0.804. The van der Waals surface area contributed by atoms with Crippen LogP contribution in [0.2, 0.25) is 0 Å². The van der Waals surface area contributed by atoms with Gasteiger partial charge in [0.2, 0.25) is 0 Å². The molecule has 0 radical (unpaired) electrons. The van der Waals surface area contributed by atoms with Crippen molar-refractivity contribution in [2.45, 2.75) is 31.6 Å². The standard InChI is InChI=1S/C12H20N2S/c1-10(15-3)6-8-14-11(2)12-5-4-7-13-9-12/h4-5,7,9-11,14H,6,8H2,1-3H3. The van der Waals surface area contributed by atoms with Crippen molar-refractivity contribution < 1.29 is 0 Å². The van der Waals surface area contributed by atoms with Crippen LogP contribution >= 0.6 is 11.8 Å². The molecule has 2 unspecified atom stereocenters. The number of thioether (sulfide) groups is 1. The van der Waals surface area contributed by atoms with Crippen LogP contribution in [0.15, 0.2) is 24.5 Å². The first kappa shape index (κ1) is 12.5. The van der Waals surface area contributed by atoms with Crippen molar-refractivity contribution in [1.82, 2.24) is 10.3 Å². The molecule has 0 aliphatic carbocycles. The third-order valence-electron chi connectivity index (χ3n) is 2.59. The maximum absolute atomic E-state index is 4.12. The van der Waals surface area contributed by atoms with Crippen LogP contribution in [0.5, 0.6) is 0 Å². The van der Waals surface area contributed by atoms with E-state index < -0.39 is 0 Å². The maximum atomic E-state index is 4.12. The maximum Gasteiger partial charge on any atom is 0.0315 e. The number of hydrogen-bond donors (Lipinski definition) is 1. The minimum absolute atomic E-state index is 0.396. The molecule has 1 aromatic rings. The molecule has 0 aromatic carbocycles. The highest BCUT2D eigenvalue weighted by Gasteiger charge is 2.05. The van der Waals surface area contributed by atoms with Crippen molar-refractivity contribution in [2.24, 2.45) is 0 Å². The Balaban J connectivity index is 2.28. The second-order valence-corrected chi connectivity index (χ2v) is 5.07. The summed E-state index contributed by atoms with van der Waals surface area (Å²) >= 11 is 1.92. The molecule has 0 saturated heterocycles. The molecular weight excluding hydrogens is 204 g/mol. The van der Waals surface area contributed by atoms with Crippen molar-refractivity contribution in [3.8, 4) is 0 Å². The van der Waals surface area contributed by atoms with Gasteiger partial charge in [-0.3, -0.25) is 4.98 Å². The van der Waals surface area contributed by atoms with Gasteiger partial charge in [0.15, 0.2) is 0 Å². The van der Waals surface area contributed by atoms with Crippen molar-refractivity contribution >= 4 is 11.8 Å². The van der Waals surface area contributed by atoms with E-state index in [0.717, 1.165) is 11.8 Å². The van der Waals surface area contributed by atoms with E-state index in [1.165, 1.54) is 12.0 Å². The number of nitrogens with one attached hydrogen (secondary N) is 1. The van der Waals surface area contributed by atoms with E-state index in [2.05, 4.69) is 36.5 Å². The Labute approximate surface area is 96.9 Å². The molecule has 84 valence electrons. The fourth-order valence-electron chi connectivity index (χ4n) is 1.37. The molecule has 2 nitrogen and oxygen atoms in total. The molecule has 2 atom stereocenters. The second-order valence-electron chi connectivity index (χ2n) is 3.80. The Kier molecular flexibility index (Phi) is 5.73. The predicted molar refractivity (Wildman–Crippen MR) is 68.2 cm³/mol. The van der Waals surface area contributed by atoms with Gasteiger partial charge in [-0.1, -0.05) is 13.0 Å². The van der Waals surface area contributed by atoms with Crippen molar-refractivity contribution in [2.75, 3.05) is 12.8 Å². The average molecular weight is 224 g/mol. The zero-order valence-corrected chi connectivity index (χ0v) is 10.6. The van der Waals surface area contributed by atoms with Gasteiger partial charge in [-0.25, -0.2) is 0 Å². The first-order valence-electron chi connectivity index (χ1n) is 5.40. The first-order chi connectivity index (χ1) is 7.24. The highest BCUT2D eigenvalue weighted by molar-refractivity contribution is 7.99. The number of aromatic nitrogens is 1. The molecule has 0 aliphatic heterocycles. The second kappa shape index (κ2) is 6.85. The van der Waals surface area contributed by atoms with Crippen LogP contribution < -0.4 is 5.32 Å². The van der Waals surface area contributed by atoms with Gasteiger partial charge in [0.25, 0.3) is 0 Å². The molecule has 15 heavy (non-hydrogen) atoms. The number of nitrogens with zero attached hydrogens (tertiary/aromatic N) is 1. The van der Waals surface area contributed by atoms with Crippen molar-refractivity contribution in [1.29, 1.82) is 0 Å². The molecule has 0 spiro atoms. The summed E-state index contributed by atoms with van der Waals surface area (Å²) in [5.41, 5.74) is 1.26. The van der Waals surface area contributed by atoms with E-state index in [9.17, 15) is 0 Å². The van der Waals surface area contributed by atoms with Crippen LogP contribution in [0.1, 0.15) is 31.9 Å². The fourth-order valence-corrected chi connectivity index (χ4v) is 1.72. The van der Waals surface area contributed by atoms with Gasteiger partial charge >= 0.3 is 0 Å². The van der Waals surface area contributed by atoms with Gasteiger partial charge in [0, 0.05) is 23.7 Å². The van der Waals surface area contributed by atoms with Gasteiger partial charge in [0.1, 0.15) is 0 Å². The third-order valence-corrected chi connectivity index (χ3v) is 3.63. The average Bonchev–Trinajstić information content (AvgIpc) is 2.29. The van der Waals surface area contributed by atoms with Gasteiger partial charge in [-0.2, -0.15) is 11.8 Å². The lowest BCUT2D eigenvalue weighted by molar-refractivity contribution is 0.556. The monoisotopic (exact) mass is 224 g/mol. The summed E-state index contributed by atoms with van der Waals surface area (Å²) < 4.78 is 0. The van der Waals surface area contributed by atoms with E-state index in [-0.39, 0.29) is 0 Å². The molecular formula is C12H20N2S. The lowest BCUT2D eigenvalue weighted by Gasteiger charge is -2.15. The van der Waals surface area contributed by atoms with E-state index >= 15 is 0 Å². The highest BCUT2D eigenvalue weighted by atomic mass is 32.2. The van der Waals surface area contributed by atoms with Crippen LogP contribution in [-0.2, 0) is 0 Å². The summed E-state index contributed by atoms with van der Waals surface area (Å²) in [4.78, 5) is 4.12. The number of pyridine rings is 1. The van der Waals surface area contributed by atoms with Gasteiger partial charge in [0.05, 0.1) is 0 Å². The Morgan fingerprint density at radius 1 is 1.47 bits per heavy atom. The molecule has 1 rings (SSSR count). The molecule has 0 aliphatic rings. The molecule has 0 saturated carbocycles. The van der Waals surface area contributed by atoms with E-state index in [4.69, 9.17) is 0 Å². The molecule has 0 fully saturated rings. The van der Waals surface area contributed by atoms with E-state index in [1.54, 1.807) is 0 Å². The van der Waals surface area contributed by atoms with E-state index in [0.29, 0.717) is 6.04 Å². The largest absolute Gasteiger partial charge is 0.310 e. The zero-order chi connectivity index (χ0) is 11.1. The van der Waals surface area contributed by atoms with Crippen LogP contribution in [0.25, 0.3) is 0 Å². The Morgan fingerprint density at radius 2 is 2.27 bits per heavy atom. The normalized spacial score (nSPS) is 14.9. The Morgan fingerprint density at radius 3 is 2.87 bits per heavy atom. The fraction of sp³-hybridized carbons (Fsp3) is 0.583. The summed E-state index contributed by atoms with van der Waals surface area (Å²) in [5.74, 6) is 0. The van der Waals surface area contributed by atoms with Crippen molar-refractivity contribution in [3.05, 3.63) is 30.1 Å². The minimum atomic E-state index is 0.396. The van der Waals surface area contributed by atoms with Crippen LogP contribution in [0, 0.1) is 0 Å². The SMILES string of the molecule is CSC(C)CCNC(C)c1cccnc1. The first-order valence-corrected chi connectivity index (χ1v) is 6.69. The molecule has 1 heterocycles. The number of rotatable bonds is 6. The summed E-state index contributed by atoms with van der Waals surface area (Å²) in [7, 11) is 0. The highest BCUT2D eigenvalue weighted by Crippen LogP contribution is 2.12. The van der Waals surface area contributed by atoms with E-state index in [1.807, 2.05) is 30.2 Å². The summed E-state index contributed by atoms with van der Waals surface area (Å²) in [6.07, 6.45) is 7.11. The molecule has 1 aromatic heterocycles. The molecule has 1 N–H and O–H groups in total. The van der Waals surface area contributed by atoms with Gasteiger partial charge in [-0.05, 0) is 37.8 Å². The van der Waals surface area contributed by atoms with Crippen molar-refractivity contribution in [3.63, 3.8) is 0 Å². The predicted octanol–water partition coefficient (Wildman–Crippen LogP) is 2.87. The number of hydrogen-bond acceptors (Lipinski definition) is 3. The Hall–Kier alpha value is -0.540. The topological polar surface area (TPSA) is 24.9 Å². The summed E-state index contributed by atoms with van der Waals surface area (Å²) in [5, 5.41) is 4.25. The molecule has 3 heteroatoms. The summed E-state index contributed by atoms with van der Waals surface area (Å²) in [6.45, 7) is 5.51. The lowest BCUT2D eigenvalue weighted by atomic mass is 10.1. The summed E-state index contributed by atoms with van der Waals surface area (Å²) in [6, 6.07) is 4.49. The van der Waals surface area contributed by atoms with Crippen LogP contribution in [0.3, 0.4) is 0 Å². The zero-order valence-electron chi connectivity index (χ0n) is 9.73. The lowest BCUT2D eigenvalue weighted by Crippen LogP contribution is -2.21. The third kappa shape index (κ3) is 4.67. The molecule has 0 amide bonds. The van der Waals surface area contributed by atoms with Crippen LogP contribution in [-0.4, -0.2) is 23.0 Å².